The summed E-state index contributed by atoms with van der Waals surface area (Å²) in [4.78, 5) is 23.4. The Balaban J connectivity index is 1.65. The van der Waals surface area contributed by atoms with Gasteiger partial charge in [0.15, 0.2) is 0 Å². The summed E-state index contributed by atoms with van der Waals surface area (Å²) >= 11 is 0. The summed E-state index contributed by atoms with van der Waals surface area (Å²) in [5.41, 5.74) is -0.435. The highest BCUT2D eigenvalue weighted by atomic mass is 32.2. The van der Waals surface area contributed by atoms with Gasteiger partial charge in [0.1, 0.15) is 5.76 Å². The highest BCUT2D eigenvalue weighted by Gasteiger charge is 2.40. The molecule has 9 heteroatoms. The summed E-state index contributed by atoms with van der Waals surface area (Å²) in [5.74, 6) is -0.888. The Morgan fingerprint density at radius 2 is 1.85 bits per heavy atom. The fourth-order valence-corrected chi connectivity index (χ4v) is 3.99. The summed E-state index contributed by atoms with van der Waals surface area (Å²) in [6.07, 6.45) is 3.44. The lowest BCUT2D eigenvalue weighted by molar-refractivity contribution is -0.139. The molecule has 0 spiro atoms. The lowest BCUT2D eigenvalue weighted by Crippen LogP contribution is -2.54. The Morgan fingerprint density at radius 1 is 1.15 bits per heavy atom. The lowest BCUT2D eigenvalue weighted by Gasteiger charge is -2.41. The van der Waals surface area contributed by atoms with Gasteiger partial charge >= 0.3 is 5.97 Å². The molecule has 0 radical (unpaired) electrons. The standard InChI is InChI=1S/C18H20N2O6S/c21-16(22)11-18(8-2-9-18)20-17(23)13-4-6-15(7-5-13)27(24,25)19-12-14-3-1-10-26-14/h1,3-7,10,19H,2,8-9,11-12H2,(H,20,23)(H,21,22). The number of furan rings is 1. The fraction of sp³-hybridized carbons (Fsp3) is 0.333. The Kier molecular flexibility index (Phi) is 5.33. The van der Waals surface area contributed by atoms with Crippen LogP contribution in [0.2, 0.25) is 0 Å². The predicted octanol–water partition coefficient (Wildman–Crippen LogP) is 1.89. The topological polar surface area (TPSA) is 126 Å². The second kappa shape index (κ2) is 7.53. The molecule has 27 heavy (non-hydrogen) atoms. The number of carbonyl (C=O) groups is 2. The molecule has 144 valence electrons. The van der Waals surface area contributed by atoms with Crippen LogP contribution in [0.4, 0.5) is 0 Å². The molecule has 2 aromatic rings. The van der Waals surface area contributed by atoms with Crippen LogP contribution in [0.3, 0.4) is 0 Å². The molecule has 1 fully saturated rings. The smallest absolute Gasteiger partial charge is 0.305 e. The molecule has 0 saturated heterocycles. The van der Waals surface area contributed by atoms with Gasteiger partial charge in [-0.25, -0.2) is 13.1 Å². The van der Waals surface area contributed by atoms with Gasteiger partial charge in [-0.05, 0) is 55.7 Å². The SMILES string of the molecule is O=C(O)CC1(NC(=O)c2ccc(S(=O)(=O)NCc3ccco3)cc2)CCC1. The minimum atomic E-state index is -3.74. The zero-order chi connectivity index (χ0) is 19.5. The molecule has 0 aliphatic heterocycles. The van der Waals surface area contributed by atoms with Crippen molar-refractivity contribution in [2.24, 2.45) is 0 Å². The van der Waals surface area contributed by atoms with Gasteiger partial charge in [0.25, 0.3) is 5.91 Å². The number of hydrogen-bond donors (Lipinski definition) is 3. The molecule has 1 aromatic heterocycles. The first kappa shape index (κ1) is 19.1. The quantitative estimate of drug-likeness (QED) is 0.630. The molecule has 3 rings (SSSR count). The van der Waals surface area contributed by atoms with E-state index in [1.165, 1.54) is 30.5 Å². The molecular weight excluding hydrogens is 372 g/mol. The Bertz CT molecular complexity index is 915. The number of amides is 1. The van der Waals surface area contributed by atoms with E-state index in [-0.39, 0.29) is 23.4 Å². The van der Waals surface area contributed by atoms with Crippen molar-refractivity contribution in [1.29, 1.82) is 0 Å². The minimum Gasteiger partial charge on any atom is -0.481 e. The van der Waals surface area contributed by atoms with E-state index in [9.17, 15) is 18.0 Å². The summed E-state index contributed by atoms with van der Waals surface area (Å²) in [7, 11) is -3.74. The lowest BCUT2D eigenvalue weighted by atomic mass is 9.74. The number of hydrogen-bond acceptors (Lipinski definition) is 5. The van der Waals surface area contributed by atoms with Crippen molar-refractivity contribution < 1.29 is 27.5 Å². The van der Waals surface area contributed by atoms with E-state index >= 15 is 0 Å². The molecular formula is C18H20N2O6S. The maximum Gasteiger partial charge on any atom is 0.305 e. The van der Waals surface area contributed by atoms with E-state index in [2.05, 4.69) is 10.0 Å². The molecule has 0 bridgehead atoms. The average Bonchev–Trinajstić information content (AvgIpc) is 3.11. The molecule has 8 nitrogen and oxygen atoms in total. The van der Waals surface area contributed by atoms with E-state index in [0.717, 1.165) is 6.42 Å². The van der Waals surface area contributed by atoms with Crippen LogP contribution in [-0.4, -0.2) is 30.9 Å². The average molecular weight is 392 g/mol. The molecule has 0 unspecified atom stereocenters. The first-order chi connectivity index (χ1) is 12.8. The number of aliphatic carboxylic acids is 1. The largest absolute Gasteiger partial charge is 0.481 e. The molecule has 1 aliphatic carbocycles. The highest BCUT2D eigenvalue weighted by Crippen LogP contribution is 2.35. The fourth-order valence-electron chi connectivity index (χ4n) is 3.00. The summed E-state index contributed by atoms with van der Waals surface area (Å²) in [6, 6.07) is 8.81. The van der Waals surface area contributed by atoms with E-state index in [0.29, 0.717) is 18.6 Å². The van der Waals surface area contributed by atoms with Gasteiger partial charge in [-0.1, -0.05) is 0 Å². The zero-order valence-electron chi connectivity index (χ0n) is 14.5. The first-order valence-electron chi connectivity index (χ1n) is 8.46. The van der Waals surface area contributed by atoms with Gasteiger partial charge in [-0.3, -0.25) is 9.59 Å². The van der Waals surface area contributed by atoms with Crippen LogP contribution in [0.1, 0.15) is 41.8 Å². The third kappa shape index (κ3) is 4.55. The van der Waals surface area contributed by atoms with Crippen LogP contribution >= 0.6 is 0 Å². The Morgan fingerprint density at radius 3 is 2.37 bits per heavy atom. The van der Waals surface area contributed by atoms with Gasteiger partial charge in [0.05, 0.1) is 29.7 Å². The predicted molar refractivity (Wildman–Crippen MR) is 95.5 cm³/mol. The van der Waals surface area contributed by atoms with E-state index in [4.69, 9.17) is 9.52 Å². The van der Waals surface area contributed by atoms with Crippen molar-refractivity contribution in [3.63, 3.8) is 0 Å². The van der Waals surface area contributed by atoms with Gasteiger partial charge in [-0.2, -0.15) is 0 Å². The van der Waals surface area contributed by atoms with Gasteiger partial charge in [0.2, 0.25) is 10.0 Å². The molecule has 0 atom stereocenters. The van der Waals surface area contributed by atoms with Gasteiger partial charge in [0, 0.05) is 5.56 Å². The highest BCUT2D eigenvalue weighted by molar-refractivity contribution is 7.89. The number of carbonyl (C=O) groups excluding carboxylic acids is 1. The molecule has 1 aliphatic rings. The number of carboxylic acids is 1. The first-order valence-corrected chi connectivity index (χ1v) is 9.94. The van der Waals surface area contributed by atoms with Crippen molar-refractivity contribution in [2.75, 3.05) is 0 Å². The monoisotopic (exact) mass is 392 g/mol. The number of rotatable bonds is 8. The zero-order valence-corrected chi connectivity index (χ0v) is 15.3. The van der Waals surface area contributed by atoms with E-state index in [1.54, 1.807) is 12.1 Å². The molecule has 1 amide bonds. The summed E-state index contributed by atoms with van der Waals surface area (Å²) < 4.78 is 32.1. The molecule has 1 saturated carbocycles. The van der Waals surface area contributed by atoms with E-state index in [1.807, 2.05) is 0 Å². The van der Waals surface area contributed by atoms with Crippen LogP contribution in [-0.2, 0) is 21.4 Å². The normalized spacial score (nSPS) is 15.7. The van der Waals surface area contributed by atoms with Gasteiger partial charge in [-0.15, -0.1) is 0 Å². The van der Waals surface area contributed by atoms with Crippen LogP contribution in [0.15, 0.2) is 52.0 Å². The second-order valence-corrected chi connectivity index (χ2v) is 8.35. The molecule has 1 aromatic carbocycles. The Hall–Kier alpha value is -2.65. The van der Waals surface area contributed by atoms with Crippen molar-refractivity contribution in [3.8, 4) is 0 Å². The van der Waals surface area contributed by atoms with Crippen LogP contribution in [0.5, 0.6) is 0 Å². The van der Waals surface area contributed by atoms with Crippen molar-refractivity contribution >= 4 is 21.9 Å². The summed E-state index contributed by atoms with van der Waals surface area (Å²) in [6.45, 7) is 0.0231. The van der Waals surface area contributed by atoms with Crippen molar-refractivity contribution in [1.82, 2.24) is 10.0 Å². The number of sulfonamides is 1. The minimum absolute atomic E-state index is 0.0227. The van der Waals surface area contributed by atoms with Crippen molar-refractivity contribution in [2.45, 2.75) is 42.7 Å². The van der Waals surface area contributed by atoms with Crippen LogP contribution < -0.4 is 10.0 Å². The third-order valence-corrected chi connectivity index (χ3v) is 6.04. The second-order valence-electron chi connectivity index (χ2n) is 6.59. The maximum atomic E-state index is 12.4. The maximum absolute atomic E-state index is 12.4. The summed E-state index contributed by atoms with van der Waals surface area (Å²) in [5, 5.41) is 11.8. The van der Waals surface area contributed by atoms with Crippen LogP contribution in [0, 0.1) is 0 Å². The Labute approximate surface area is 156 Å². The van der Waals surface area contributed by atoms with E-state index < -0.39 is 27.4 Å². The molecule has 1 heterocycles. The third-order valence-electron chi connectivity index (χ3n) is 4.62. The molecule has 3 N–H and O–H groups in total. The van der Waals surface area contributed by atoms with Crippen molar-refractivity contribution in [3.05, 3.63) is 54.0 Å². The van der Waals surface area contributed by atoms with Gasteiger partial charge < -0.3 is 14.8 Å². The van der Waals surface area contributed by atoms with Crippen LogP contribution in [0.25, 0.3) is 0 Å². The number of carboxylic acid groups (broad SMARTS) is 1. The number of nitrogens with one attached hydrogen (secondary N) is 2. The number of benzene rings is 1.